The van der Waals surface area contributed by atoms with Crippen LogP contribution in [-0.4, -0.2) is 36.8 Å². The first-order chi connectivity index (χ1) is 6.63. The summed E-state index contributed by atoms with van der Waals surface area (Å²) in [6.45, 7) is 6.70. The molecule has 0 amide bonds. The van der Waals surface area contributed by atoms with Gasteiger partial charge >= 0.3 is 0 Å². The first kappa shape index (κ1) is 10.8. The Balaban J connectivity index is 1.91. The summed E-state index contributed by atoms with van der Waals surface area (Å²) in [5.74, 6) is 0. The Bertz CT molecular complexity index is 203. The number of hydrogen-bond acceptors (Lipinski definition) is 3. The summed E-state index contributed by atoms with van der Waals surface area (Å²) < 4.78 is 5.22. The van der Waals surface area contributed by atoms with Gasteiger partial charge in [0.25, 0.3) is 0 Å². The second-order valence-corrected chi connectivity index (χ2v) is 6.67. The molecule has 1 saturated carbocycles. The molecule has 0 aromatic heterocycles. The highest BCUT2D eigenvalue weighted by molar-refractivity contribution is 8.00. The van der Waals surface area contributed by atoms with Gasteiger partial charge in [-0.15, -0.1) is 11.8 Å². The van der Waals surface area contributed by atoms with E-state index in [0.717, 1.165) is 23.7 Å². The van der Waals surface area contributed by atoms with Crippen LogP contribution in [0.3, 0.4) is 0 Å². The summed E-state index contributed by atoms with van der Waals surface area (Å²) in [4.78, 5) is 0. The van der Waals surface area contributed by atoms with Crippen molar-refractivity contribution in [2.24, 2.45) is 5.41 Å². The van der Waals surface area contributed by atoms with Crippen molar-refractivity contribution in [1.29, 1.82) is 0 Å². The third-order valence-electron chi connectivity index (χ3n) is 3.57. The summed E-state index contributed by atoms with van der Waals surface area (Å²) in [6.07, 6.45) is 2.71. The summed E-state index contributed by atoms with van der Waals surface area (Å²) in [5.41, 5.74) is 0.469. The molecule has 1 N–H and O–H groups in total. The number of rotatable bonds is 3. The van der Waals surface area contributed by atoms with Gasteiger partial charge in [0.05, 0.1) is 18.5 Å². The summed E-state index contributed by atoms with van der Waals surface area (Å²) in [6, 6.07) is 0.674. The topological polar surface area (TPSA) is 21.3 Å². The van der Waals surface area contributed by atoms with Crippen LogP contribution < -0.4 is 5.32 Å². The average molecular weight is 215 g/mol. The Labute approximate surface area is 91.2 Å². The van der Waals surface area contributed by atoms with Gasteiger partial charge < -0.3 is 10.1 Å². The van der Waals surface area contributed by atoms with Gasteiger partial charge in [-0.1, -0.05) is 13.8 Å². The second-order valence-electron chi connectivity index (χ2n) is 5.13. The predicted molar refractivity (Wildman–Crippen MR) is 61.8 cm³/mol. The van der Waals surface area contributed by atoms with Crippen LogP contribution in [-0.2, 0) is 4.74 Å². The van der Waals surface area contributed by atoms with Crippen molar-refractivity contribution in [3.05, 3.63) is 0 Å². The molecule has 1 saturated heterocycles. The highest BCUT2D eigenvalue weighted by Gasteiger charge is 2.42. The molecule has 2 aliphatic rings. The SMILES string of the molecule is CNC1C(SC2COC2)CCC1(C)C. The number of thioether (sulfide) groups is 1. The molecule has 2 rings (SSSR count). The highest BCUT2D eigenvalue weighted by Crippen LogP contribution is 2.44. The van der Waals surface area contributed by atoms with Crippen LogP contribution in [0.4, 0.5) is 0 Å². The maximum absolute atomic E-state index is 5.22. The Morgan fingerprint density at radius 3 is 2.57 bits per heavy atom. The second kappa shape index (κ2) is 4.03. The van der Waals surface area contributed by atoms with Gasteiger partial charge in [0.15, 0.2) is 0 Å². The quantitative estimate of drug-likeness (QED) is 0.777. The molecule has 0 aromatic rings. The zero-order valence-corrected chi connectivity index (χ0v) is 10.2. The lowest BCUT2D eigenvalue weighted by Crippen LogP contribution is -2.43. The summed E-state index contributed by atoms with van der Waals surface area (Å²) >= 11 is 2.14. The predicted octanol–water partition coefficient (Wildman–Crippen LogP) is 1.89. The first-order valence-electron chi connectivity index (χ1n) is 5.54. The van der Waals surface area contributed by atoms with E-state index < -0.39 is 0 Å². The zero-order valence-electron chi connectivity index (χ0n) is 9.38. The first-order valence-corrected chi connectivity index (χ1v) is 6.48. The standard InChI is InChI=1S/C11H21NOS/c1-11(2)5-4-9(10(11)12-3)14-8-6-13-7-8/h8-10,12H,4-7H2,1-3H3. The molecule has 2 atom stereocenters. The number of nitrogens with one attached hydrogen (secondary N) is 1. The fourth-order valence-electron chi connectivity index (χ4n) is 2.60. The Morgan fingerprint density at radius 2 is 2.07 bits per heavy atom. The zero-order chi connectivity index (χ0) is 10.2. The van der Waals surface area contributed by atoms with Gasteiger partial charge in [-0.2, -0.15) is 0 Å². The molecule has 0 radical (unpaired) electrons. The number of hydrogen-bond donors (Lipinski definition) is 1. The van der Waals surface area contributed by atoms with Gasteiger partial charge in [0.2, 0.25) is 0 Å². The monoisotopic (exact) mass is 215 g/mol. The minimum Gasteiger partial charge on any atom is -0.379 e. The molecule has 82 valence electrons. The summed E-state index contributed by atoms with van der Waals surface area (Å²) in [5, 5.41) is 5.06. The molecule has 1 heterocycles. The molecule has 1 aliphatic heterocycles. The van der Waals surface area contributed by atoms with Crippen LogP contribution in [0, 0.1) is 5.41 Å². The van der Waals surface area contributed by atoms with Gasteiger partial charge in [0.1, 0.15) is 0 Å². The fourth-order valence-corrected chi connectivity index (χ4v) is 4.36. The maximum Gasteiger partial charge on any atom is 0.0608 e. The van der Waals surface area contributed by atoms with Crippen LogP contribution >= 0.6 is 11.8 Å². The van der Waals surface area contributed by atoms with Crippen molar-refractivity contribution < 1.29 is 4.74 Å². The van der Waals surface area contributed by atoms with Crippen LogP contribution in [0.25, 0.3) is 0 Å². The maximum atomic E-state index is 5.22. The van der Waals surface area contributed by atoms with Crippen molar-refractivity contribution in [3.8, 4) is 0 Å². The molecule has 2 fully saturated rings. The minimum absolute atomic E-state index is 0.469. The highest BCUT2D eigenvalue weighted by atomic mass is 32.2. The Kier molecular flexibility index (Phi) is 3.10. The lowest BCUT2D eigenvalue weighted by molar-refractivity contribution is 0.0452. The summed E-state index contributed by atoms with van der Waals surface area (Å²) in [7, 11) is 2.10. The van der Waals surface area contributed by atoms with E-state index in [2.05, 4.69) is 38.0 Å². The van der Waals surface area contributed by atoms with Crippen LogP contribution in [0.15, 0.2) is 0 Å². The van der Waals surface area contributed by atoms with Crippen molar-refractivity contribution in [1.82, 2.24) is 5.32 Å². The minimum atomic E-state index is 0.469. The van der Waals surface area contributed by atoms with Gasteiger partial charge in [-0.3, -0.25) is 0 Å². The van der Waals surface area contributed by atoms with E-state index in [1.54, 1.807) is 0 Å². The fraction of sp³-hybridized carbons (Fsp3) is 1.00. The van der Waals surface area contributed by atoms with E-state index in [-0.39, 0.29) is 0 Å². The van der Waals surface area contributed by atoms with Crippen molar-refractivity contribution >= 4 is 11.8 Å². The van der Waals surface area contributed by atoms with E-state index in [1.165, 1.54) is 12.8 Å². The number of ether oxygens (including phenoxy) is 1. The van der Waals surface area contributed by atoms with E-state index in [4.69, 9.17) is 4.74 Å². The molecule has 0 spiro atoms. The molecule has 0 bridgehead atoms. The van der Waals surface area contributed by atoms with E-state index in [9.17, 15) is 0 Å². The van der Waals surface area contributed by atoms with E-state index in [1.807, 2.05) is 0 Å². The molecule has 3 heteroatoms. The normalized spacial score (nSPS) is 37.1. The van der Waals surface area contributed by atoms with Gasteiger partial charge in [0, 0.05) is 11.3 Å². The Hall–Kier alpha value is 0.270. The van der Waals surface area contributed by atoms with Gasteiger partial charge in [-0.25, -0.2) is 0 Å². The van der Waals surface area contributed by atoms with Crippen LogP contribution in [0.5, 0.6) is 0 Å². The largest absolute Gasteiger partial charge is 0.379 e. The third-order valence-corrected chi connectivity index (χ3v) is 5.09. The average Bonchev–Trinajstić information content (AvgIpc) is 2.33. The molecule has 0 aromatic carbocycles. The lowest BCUT2D eigenvalue weighted by Gasteiger charge is -2.34. The van der Waals surface area contributed by atoms with Gasteiger partial charge in [-0.05, 0) is 25.3 Å². The molecule has 14 heavy (non-hydrogen) atoms. The molecule has 1 aliphatic carbocycles. The van der Waals surface area contributed by atoms with Crippen LogP contribution in [0.2, 0.25) is 0 Å². The van der Waals surface area contributed by atoms with Crippen molar-refractivity contribution in [2.45, 2.75) is 43.2 Å². The molecule has 2 unspecified atom stereocenters. The van der Waals surface area contributed by atoms with Crippen LogP contribution in [0.1, 0.15) is 26.7 Å². The smallest absolute Gasteiger partial charge is 0.0608 e. The Morgan fingerprint density at radius 1 is 1.36 bits per heavy atom. The van der Waals surface area contributed by atoms with Crippen molar-refractivity contribution in [2.75, 3.05) is 20.3 Å². The van der Waals surface area contributed by atoms with E-state index >= 15 is 0 Å². The molecule has 2 nitrogen and oxygen atoms in total. The molecular weight excluding hydrogens is 194 g/mol. The van der Waals surface area contributed by atoms with Crippen molar-refractivity contribution in [3.63, 3.8) is 0 Å². The van der Waals surface area contributed by atoms with E-state index in [0.29, 0.717) is 11.5 Å². The third kappa shape index (κ3) is 1.95. The lowest BCUT2D eigenvalue weighted by atomic mass is 9.87. The molecular formula is C11H21NOS.